The summed E-state index contributed by atoms with van der Waals surface area (Å²) < 4.78 is 28.3. The maximum absolute atomic E-state index is 12.6. The maximum Gasteiger partial charge on any atom is 0.407 e. The lowest BCUT2D eigenvalue weighted by Crippen LogP contribution is -2.37. The molecule has 10 heteroatoms. The number of esters is 2. The van der Waals surface area contributed by atoms with Gasteiger partial charge in [0.1, 0.15) is 12.6 Å². The van der Waals surface area contributed by atoms with E-state index in [1.54, 1.807) is 0 Å². The van der Waals surface area contributed by atoms with Crippen molar-refractivity contribution in [3.05, 3.63) is 35.9 Å². The minimum Gasteiger partial charge on any atom is -0.445 e. The Morgan fingerprint density at radius 2 is 1.86 bits per heavy atom. The Morgan fingerprint density at radius 3 is 2.58 bits per heavy atom. The van der Waals surface area contributed by atoms with Crippen molar-refractivity contribution >= 4 is 26.1 Å². The van der Waals surface area contributed by atoms with Crippen LogP contribution in [0.25, 0.3) is 0 Å². The van der Waals surface area contributed by atoms with E-state index in [4.69, 9.17) is 14.0 Å². The van der Waals surface area contributed by atoms with Crippen molar-refractivity contribution in [2.45, 2.75) is 89.9 Å². The Labute approximate surface area is 214 Å². The number of hydrogen-bond acceptors (Lipinski definition) is 8. The highest BCUT2D eigenvalue weighted by Crippen LogP contribution is 2.29. The lowest BCUT2D eigenvalue weighted by atomic mass is 10.1. The summed E-state index contributed by atoms with van der Waals surface area (Å²) in [5.41, 5.74) is 0.897. The number of ether oxygens (including phenoxy) is 2. The molecule has 3 atom stereocenters. The van der Waals surface area contributed by atoms with Crippen molar-refractivity contribution in [1.29, 1.82) is 0 Å². The van der Waals surface area contributed by atoms with Crippen LogP contribution < -0.4 is 10.6 Å². The first kappa shape index (κ1) is 30.0. The van der Waals surface area contributed by atoms with Gasteiger partial charge in [0.2, 0.25) is 0 Å². The highest BCUT2D eigenvalue weighted by Gasteiger charge is 2.30. The second-order valence-corrected chi connectivity index (χ2v) is 10.5. The first-order chi connectivity index (χ1) is 17.5. The van der Waals surface area contributed by atoms with Crippen molar-refractivity contribution in [3.8, 4) is 0 Å². The minimum absolute atomic E-state index is 0.186. The summed E-state index contributed by atoms with van der Waals surface area (Å²) in [6, 6.07) is 8.89. The molecule has 1 saturated heterocycles. The Bertz CT molecular complexity index is 816. The van der Waals surface area contributed by atoms with Gasteiger partial charge in [0, 0.05) is 12.7 Å². The number of benzene rings is 1. The molecular formula is C26H41N2O7P. The van der Waals surface area contributed by atoms with E-state index in [2.05, 4.69) is 17.6 Å². The van der Waals surface area contributed by atoms with Gasteiger partial charge in [-0.15, -0.1) is 0 Å². The van der Waals surface area contributed by atoms with E-state index in [-0.39, 0.29) is 13.0 Å². The molecule has 1 aromatic rings. The number of hydrogen-bond donors (Lipinski definition) is 2. The number of carbonyl (C=O) groups is 3. The fraction of sp³-hybridized carbons (Fsp3) is 0.654. The number of nitrogens with one attached hydrogen (secondary N) is 2. The van der Waals surface area contributed by atoms with Crippen LogP contribution in [-0.4, -0.2) is 49.4 Å². The summed E-state index contributed by atoms with van der Waals surface area (Å²) in [6.07, 6.45) is 6.72. The molecule has 2 rings (SSSR count). The van der Waals surface area contributed by atoms with Crippen LogP contribution in [0.2, 0.25) is 0 Å². The van der Waals surface area contributed by atoms with Crippen molar-refractivity contribution in [1.82, 2.24) is 10.6 Å². The van der Waals surface area contributed by atoms with E-state index < -0.39 is 38.2 Å². The lowest BCUT2D eigenvalue weighted by Gasteiger charge is -2.17. The predicted octanol–water partition coefficient (Wildman–Crippen LogP) is 4.74. The molecule has 0 aromatic heterocycles. The largest absolute Gasteiger partial charge is 0.445 e. The van der Waals surface area contributed by atoms with E-state index in [1.807, 2.05) is 30.3 Å². The standard InChI is InChI=1S/C26H41N2O7P/c1-2-3-4-5-11-19-36(32)35-23(25(30)34-24(29)22-15-12-18-27-22)16-9-10-17-28-26(31)33-20-21-13-7-6-8-14-21/h6-8,13-14,22-23,27,36H,2-5,9-12,15-20H2,1H3,(H,28,31)/t22-,23?/m0/s1. The van der Waals surface area contributed by atoms with Gasteiger partial charge in [-0.1, -0.05) is 62.9 Å². The SMILES string of the molecule is CCCCCCC[PH](=O)OC(CCCCNC(=O)OCc1ccccc1)C(=O)OC(=O)[C@@H]1CCCN1. The molecule has 9 nitrogen and oxygen atoms in total. The normalized spacial score (nSPS) is 16.8. The summed E-state index contributed by atoms with van der Waals surface area (Å²) in [7, 11) is -2.43. The van der Waals surface area contributed by atoms with Crippen LogP contribution in [0.1, 0.15) is 76.7 Å². The fourth-order valence-electron chi connectivity index (χ4n) is 3.86. The molecule has 1 heterocycles. The predicted molar refractivity (Wildman–Crippen MR) is 138 cm³/mol. The molecule has 1 aliphatic heterocycles. The summed E-state index contributed by atoms with van der Waals surface area (Å²) in [5, 5.41) is 5.68. The van der Waals surface area contributed by atoms with E-state index in [0.29, 0.717) is 38.5 Å². The van der Waals surface area contributed by atoms with Gasteiger partial charge in [-0.25, -0.2) is 14.4 Å². The first-order valence-electron chi connectivity index (χ1n) is 13.1. The molecule has 1 amide bonds. The molecule has 0 spiro atoms. The van der Waals surface area contributed by atoms with Crippen molar-refractivity contribution < 1.29 is 32.9 Å². The monoisotopic (exact) mass is 524 g/mol. The van der Waals surface area contributed by atoms with Gasteiger partial charge in [0.05, 0.1) is 0 Å². The van der Waals surface area contributed by atoms with Gasteiger partial charge in [-0.3, -0.25) is 4.57 Å². The average Bonchev–Trinajstić information content (AvgIpc) is 3.42. The molecule has 1 aliphatic rings. The third-order valence-electron chi connectivity index (χ3n) is 5.94. The zero-order chi connectivity index (χ0) is 26.0. The first-order valence-corrected chi connectivity index (χ1v) is 14.6. The molecule has 0 radical (unpaired) electrons. The molecule has 2 unspecified atom stereocenters. The van der Waals surface area contributed by atoms with Crippen LogP contribution >= 0.6 is 8.03 Å². The van der Waals surface area contributed by atoms with Crippen molar-refractivity contribution in [2.75, 3.05) is 19.3 Å². The Kier molecular flexibility index (Phi) is 15.1. The lowest BCUT2D eigenvalue weighted by molar-refractivity contribution is -0.166. The van der Waals surface area contributed by atoms with Crippen molar-refractivity contribution in [2.24, 2.45) is 0 Å². The fourth-order valence-corrected chi connectivity index (χ4v) is 5.04. The third kappa shape index (κ3) is 12.7. The molecule has 0 aliphatic carbocycles. The van der Waals surface area contributed by atoms with Crippen LogP contribution in [0.5, 0.6) is 0 Å². The molecular weight excluding hydrogens is 483 g/mol. The van der Waals surface area contributed by atoms with Gasteiger partial charge in [0.25, 0.3) is 0 Å². The van der Waals surface area contributed by atoms with Gasteiger partial charge in [-0.05, 0) is 50.6 Å². The Morgan fingerprint density at radius 1 is 1.08 bits per heavy atom. The zero-order valence-electron chi connectivity index (χ0n) is 21.3. The van der Waals surface area contributed by atoms with Crippen LogP contribution in [-0.2, 0) is 34.8 Å². The number of alkyl carbamates (subject to hydrolysis) is 1. The van der Waals surface area contributed by atoms with E-state index in [1.165, 1.54) is 0 Å². The quantitative estimate of drug-likeness (QED) is 0.130. The van der Waals surface area contributed by atoms with E-state index >= 15 is 0 Å². The maximum atomic E-state index is 12.6. The minimum atomic E-state index is -2.43. The summed E-state index contributed by atoms with van der Waals surface area (Å²) in [5.74, 6) is -1.42. The molecule has 202 valence electrons. The van der Waals surface area contributed by atoms with E-state index in [9.17, 15) is 18.9 Å². The molecule has 1 aromatic carbocycles. The second kappa shape index (κ2) is 18.1. The topological polar surface area (TPSA) is 120 Å². The van der Waals surface area contributed by atoms with Crippen LogP contribution in [0, 0.1) is 0 Å². The Balaban J connectivity index is 1.73. The zero-order valence-corrected chi connectivity index (χ0v) is 22.3. The van der Waals surface area contributed by atoms with E-state index in [0.717, 1.165) is 44.1 Å². The summed E-state index contributed by atoms with van der Waals surface area (Å²) >= 11 is 0. The molecule has 0 saturated carbocycles. The van der Waals surface area contributed by atoms with Crippen LogP contribution in [0.4, 0.5) is 4.79 Å². The molecule has 2 N–H and O–H groups in total. The highest BCUT2D eigenvalue weighted by atomic mass is 31.1. The summed E-state index contributed by atoms with van der Waals surface area (Å²) in [6.45, 7) is 3.38. The average molecular weight is 525 g/mol. The highest BCUT2D eigenvalue weighted by molar-refractivity contribution is 7.39. The van der Waals surface area contributed by atoms with Gasteiger partial charge in [0.15, 0.2) is 14.1 Å². The van der Waals surface area contributed by atoms with Gasteiger partial charge < -0.3 is 24.6 Å². The molecule has 36 heavy (non-hydrogen) atoms. The van der Waals surface area contributed by atoms with Crippen molar-refractivity contribution in [3.63, 3.8) is 0 Å². The second-order valence-electron chi connectivity index (χ2n) is 9.02. The van der Waals surface area contributed by atoms with Gasteiger partial charge in [-0.2, -0.15) is 0 Å². The van der Waals surface area contributed by atoms with Crippen LogP contribution in [0.3, 0.4) is 0 Å². The number of rotatable bonds is 17. The summed E-state index contributed by atoms with van der Waals surface area (Å²) in [4.78, 5) is 36.8. The Hall–Kier alpha value is -2.22. The van der Waals surface area contributed by atoms with Crippen LogP contribution in [0.15, 0.2) is 30.3 Å². The number of amides is 1. The molecule has 0 bridgehead atoms. The number of unbranched alkanes of at least 4 members (excludes halogenated alkanes) is 5. The smallest absolute Gasteiger partial charge is 0.407 e. The third-order valence-corrected chi connectivity index (χ3v) is 7.25. The number of carbonyl (C=O) groups excluding carboxylic acids is 3. The molecule has 1 fully saturated rings. The van der Waals surface area contributed by atoms with Gasteiger partial charge >= 0.3 is 18.0 Å².